The van der Waals surface area contributed by atoms with Gasteiger partial charge in [-0.15, -0.1) is 0 Å². The van der Waals surface area contributed by atoms with Gasteiger partial charge in [0.1, 0.15) is 5.75 Å². The fourth-order valence-electron chi connectivity index (χ4n) is 2.51. The van der Waals surface area contributed by atoms with Crippen molar-refractivity contribution < 1.29 is 4.74 Å². The Labute approximate surface area is 155 Å². The van der Waals surface area contributed by atoms with Crippen molar-refractivity contribution in [2.75, 3.05) is 17.7 Å². The maximum Gasteiger partial charge on any atom is 0.143 e. The van der Waals surface area contributed by atoms with Crippen molar-refractivity contribution in [3.8, 4) is 5.75 Å². The van der Waals surface area contributed by atoms with Crippen LogP contribution in [0, 0.1) is 0 Å². The summed E-state index contributed by atoms with van der Waals surface area (Å²) in [6.07, 6.45) is 6.12. The number of benzene rings is 2. The molecule has 0 spiro atoms. The van der Waals surface area contributed by atoms with Gasteiger partial charge in [-0.25, -0.2) is 0 Å². The highest BCUT2D eigenvalue weighted by molar-refractivity contribution is 8.00. The normalized spacial score (nSPS) is 12.4. The van der Waals surface area contributed by atoms with Crippen LogP contribution >= 0.6 is 11.8 Å². The number of fused-ring (bicyclic) bond motifs is 2. The van der Waals surface area contributed by atoms with E-state index in [0.717, 1.165) is 33.4 Å². The minimum atomic E-state index is 0.835. The average Bonchev–Trinajstić information content (AvgIpc) is 2.67. The fraction of sp³-hybridized carbons (Fsp3) is 0.238. The summed E-state index contributed by atoms with van der Waals surface area (Å²) in [5, 5.41) is 7.00. The van der Waals surface area contributed by atoms with Gasteiger partial charge in [-0.1, -0.05) is 49.9 Å². The largest absolute Gasteiger partial charge is 0.495 e. The van der Waals surface area contributed by atoms with E-state index in [1.165, 1.54) is 4.90 Å². The van der Waals surface area contributed by atoms with E-state index < -0.39 is 0 Å². The van der Waals surface area contributed by atoms with Gasteiger partial charge in [0.2, 0.25) is 0 Å². The zero-order chi connectivity index (χ0) is 18.2. The summed E-state index contributed by atoms with van der Waals surface area (Å²) < 4.78 is 5.57. The molecule has 1 aliphatic rings. The lowest BCUT2D eigenvalue weighted by atomic mass is 10.2. The molecule has 3 rings (SSSR count). The first kappa shape index (κ1) is 19.0. The number of rotatable bonds is 4. The minimum absolute atomic E-state index is 0.835. The molecule has 0 radical (unpaired) electrons. The molecule has 2 aromatic carbocycles. The van der Waals surface area contributed by atoms with Crippen molar-refractivity contribution in [2.24, 2.45) is 0 Å². The van der Waals surface area contributed by atoms with Crippen LogP contribution in [0.15, 0.2) is 70.1 Å². The Balaban J connectivity index is 0.00000109. The second kappa shape index (κ2) is 9.23. The Morgan fingerprint density at radius 1 is 1.08 bits per heavy atom. The van der Waals surface area contributed by atoms with Crippen LogP contribution in [0.25, 0.3) is 0 Å². The topological polar surface area (TPSA) is 33.3 Å². The molecule has 2 aromatic rings. The van der Waals surface area contributed by atoms with E-state index in [1.807, 2.05) is 58.1 Å². The molecule has 0 unspecified atom stereocenters. The number of allylic oxidation sites excluding steroid dienone is 3. The molecular weight excluding hydrogens is 328 g/mol. The van der Waals surface area contributed by atoms with E-state index in [2.05, 4.69) is 34.9 Å². The lowest BCUT2D eigenvalue weighted by Gasteiger charge is -2.25. The van der Waals surface area contributed by atoms with Crippen LogP contribution in [0.4, 0.5) is 17.1 Å². The fourth-order valence-corrected chi connectivity index (χ4v) is 3.58. The summed E-state index contributed by atoms with van der Waals surface area (Å²) in [7, 11) is 1.70. The molecule has 0 bridgehead atoms. The predicted octanol–water partition coefficient (Wildman–Crippen LogP) is 6.82. The number of hydrogen-bond acceptors (Lipinski definition) is 4. The summed E-state index contributed by atoms with van der Waals surface area (Å²) >= 11 is 1.75. The third kappa shape index (κ3) is 4.20. The third-order valence-electron chi connectivity index (χ3n) is 3.63. The Morgan fingerprint density at radius 2 is 1.84 bits per heavy atom. The molecule has 0 saturated carbocycles. The Hall–Kier alpha value is -2.33. The Kier molecular flexibility index (Phi) is 7.02. The molecule has 0 fully saturated rings. The number of ether oxygens (including phenoxy) is 1. The number of hydrogen-bond donors (Lipinski definition) is 2. The first-order chi connectivity index (χ1) is 12.3. The van der Waals surface area contributed by atoms with Crippen molar-refractivity contribution in [1.29, 1.82) is 0 Å². The number of methoxy groups -OCH3 is 1. The lowest BCUT2D eigenvalue weighted by molar-refractivity contribution is 0.416. The van der Waals surface area contributed by atoms with Crippen molar-refractivity contribution in [3.63, 3.8) is 0 Å². The summed E-state index contributed by atoms with van der Waals surface area (Å²) in [6, 6.07) is 12.4. The van der Waals surface area contributed by atoms with E-state index in [0.29, 0.717) is 0 Å². The molecule has 0 saturated heterocycles. The monoisotopic (exact) mass is 354 g/mol. The first-order valence-corrected chi connectivity index (χ1v) is 9.39. The van der Waals surface area contributed by atoms with Gasteiger partial charge in [0.15, 0.2) is 0 Å². The highest BCUT2D eigenvalue weighted by Gasteiger charge is 2.21. The highest BCUT2D eigenvalue weighted by atomic mass is 32.2. The zero-order valence-electron chi connectivity index (χ0n) is 15.5. The van der Waals surface area contributed by atoms with Gasteiger partial charge in [0, 0.05) is 10.6 Å². The standard InChI is InChI=1S/C19H20N2OS.C2H6/c1-4-8-13(5-2)20-18-16(22-3)12-11-15-19(18)23-17-10-7-6-9-14(17)21-15;1-2/h4-12,20-21H,1-3H3;1-2H3/b8-4-,13-5+;. The summed E-state index contributed by atoms with van der Waals surface area (Å²) in [6.45, 7) is 8.03. The van der Waals surface area contributed by atoms with Crippen molar-refractivity contribution >= 4 is 28.8 Å². The molecule has 2 N–H and O–H groups in total. The molecule has 25 heavy (non-hydrogen) atoms. The summed E-state index contributed by atoms with van der Waals surface area (Å²) in [5.74, 6) is 0.835. The second-order valence-electron chi connectivity index (χ2n) is 5.11. The molecule has 0 aliphatic carbocycles. The molecular formula is C21H26N2OS. The number of anilines is 3. The molecule has 0 atom stereocenters. The molecule has 132 valence electrons. The maximum atomic E-state index is 5.57. The van der Waals surface area contributed by atoms with Crippen LogP contribution in [-0.4, -0.2) is 7.11 Å². The average molecular weight is 355 g/mol. The van der Waals surface area contributed by atoms with Crippen LogP contribution in [0.2, 0.25) is 0 Å². The maximum absolute atomic E-state index is 5.57. The lowest BCUT2D eigenvalue weighted by Crippen LogP contribution is -2.06. The van der Waals surface area contributed by atoms with E-state index >= 15 is 0 Å². The van der Waals surface area contributed by atoms with Gasteiger partial charge in [0.05, 0.1) is 29.1 Å². The smallest absolute Gasteiger partial charge is 0.143 e. The molecule has 1 aliphatic heterocycles. The van der Waals surface area contributed by atoms with Crippen molar-refractivity contribution in [2.45, 2.75) is 37.5 Å². The van der Waals surface area contributed by atoms with Gasteiger partial charge < -0.3 is 15.4 Å². The van der Waals surface area contributed by atoms with Gasteiger partial charge in [-0.05, 0) is 44.2 Å². The minimum Gasteiger partial charge on any atom is -0.495 e. The van der Waals surface area contributed by atoms with E-state index in [-0.39, 0.29) is 0 Å². The molecule has 0 aromatic heterocycles. The molecule has 3 nitrogen and oxygen atoms in total. The highest BCUT2D eigenvalue weighted by Crippen LogP contribution is 2.50. The predicted molar refractivity (Wildman–Crippen MR) is 110 cm³/mol. The summed E-state index contributed by atoms with van der Waals surface area (Å²) in [4.78, 5) is 2.36. The second-order valence-corrected chi connectivity index (χ2v) is 6.16. The number of para-hydroxylation sites is 1. The van der Waals surface area contributed by atoms with Crippen LogP contribution in [0.3, 0.4) is 0 Å². The van der Waals surface area contributed by atoms with E-state index in [1.54, 1.807) is 18.9 Å². The van der Waals surface area contributed by atoms with Crippen molar-refractivity contribution in [1.82, 2.24) is 0 Å². The molecule has 1 heterocycles. The SMILES string of the molecule is C/C=C\C(=C/C)Nc1c(OC)ccc2c1Sc1ccccc1N2.CC. The number of nitrogens with one attached hydrogen (secondary N) is 2. The summed E-state index contributed by atoms with van der Waals surface area (Å²) in [5.41, 5.74) is 4.26. The van der Waals surface area contributed by atoms with Crippen LogP contribution in [0.1, 0.15) is 27.7 Å². The van der Waals surface area contributed by atoms with Gasteiger partial charge in [-0.3, -0.25) is 0 Å². The Bertz CT molecular complexity index is 781. The third-order valence-corrected chi connectivity index (χ3v) is 4.84. The zero-order valence-corrected chi connectivity index (χ0v) is 16.3. The van der Waals surface area contributed by atoms with Gasteiger partial charge >= 0.3 is 0 Å². The van der Waals surface area contributed by atoms with E-state index in [4.69, 9.17) is 4.74 Å². The van der Waals surface area contributed by atoms with Gasteiger partial charge in [0.25, 0.3) is 0 Å². The molecule has 4 heteroatoms. The first-order valence-electron chi connectivity index (χ1n) is 8.57. The Morgan fingerprint density at radius 3 is 2.52 bits per heavy atom. The quantitative estimate of drug-likeness (QED) is 0.504. The van der Waals surface area contributed by atoms with Crippen LogP contribution in [0.5, 0.6) is 5.75 Å². The van der Waals surface area contributed by atoms with Crippen molar-refractivity contribution in [3.05, 3.63) is 60.3 Å². The molecule has 0 amide bonds. The van der Waals surface area contributed by atoms with Gasteiger partial charge in [-0.2, -0.15) is 0 Å². The van der Waals surface area contributed by atoms with E-state index in [9.17, 15) is 0 Å². The van der Waals surface area contributed by atoms with Crippen LogP contribution in [-0.2, 0) is 0 Å². The van der Waals surface area contributed by atoms with Crippen LogP contribution < -0.4 is 15.4 Å².